The van der Waals surface area contributed by atoms with Crippen LogP contribution in [0.5, 0.6) is 0 Å². The summed E-state index contributed by atoms with van der Waals surface area (Å²) in [6, 6.07) is 9.91. The van der Waals surface area contributed by atoms with Gasteiger partial charge in [-0.25, -0.2) is 4.98 Å². The highest BCUT2D eigenvalue weighted by molar-refractivity contribution is 5.13. The number of oxazole rings is 1. The highest BCUT2D eigenvalue weighted by Crippen LogP contribution is 2.11. The molecule has 0 aliphatic heterocycles. The Kier molecular flexibility index (Phi) is 3.90. The maximum absolute atomic E-state index is 8.96. The largest absolute Gasteiger partial charge is 0.440 e. The molecule has 0 radical (unpaired) electrons. The van der Waals surface area contributed by atoms with E-state index in [0.29, 0.717) is 30.6 Å². The summed E-state index contributed by atoms with van der Waals surface area (Å²) >= 11 is 0. The van der Waals surface area contributed by atoms with Gasteiger partial charge in [-0.05, 0) is 12.5 Å². The Labute approximate surface area is 99.9 Å². The van der Waals surface area contributed by atoms with Crippen molar-refractivity contribution in [1.82, 2.24) is 4.98 Å². The van der Waals surface area contributed by atoms with Crippen LogP contribution in [0.3, 0.4) is 0 Å². The number of aromatic nitrogens is 1. The van der Waals surface area contributed by atoms with E-state index in [1.165, 1.54) is 0 Å². The predicted octanol–water partition coefficient (Wildman–Crippen LogP) is 2.19. The second kappa shape index (κ2) is 5.61. The van der Waals surface area contributed by atoms with Crippen molar-refractivity contribution in [2.24, 2.45) is 0 Å². The molecule has 1 heterocycles. The first-order chi connectivity index (χ1) is 8.29. The minimum absolute atomic E-state index is 0.127. The van der Waals surface area contributed by atoms with Crippen LogP contribution in [-0.4, -0.2) is 10.1 Å². The molecule has 1 aromatic heterocycles. The summed E-state index contributed by atoms with van der Waals surface area (Å²) in [5.74, 6) is 1.01. The molecule has 0 fully saturated rings. The summed E-state index contributed by atoms with van der Waals surface area (Å²) in [4.78, 5) is 4.16. The zero-order chi connectivity index (χ0) is 12.1. The van der Waals surface area contributed by atoms with Gasteiger partial charge in [-0.2, -0.15) is 0 Å². The molecule has 0 amide bonds. The van der Waals surface area contributed by atoms with Crippen molar-refractivity contribution in [2.75, 3.05) is 0 Å². The van der Waals surface area contributed by atoms with E-state index in [4.69, 9.17) is 14.3 Å². The summed E-state index contributed by atoms with van der Waals surface area (Å²) in [5.41, 5.74) is 1.82. The fourth-order valence-electron chi connectivity index (χ4n) is 1.53. The molecular weight excluding hydrogens is 218 g/mol. The van der Waals surface area contributed by atoms with Crippen LogP contribution >= 0.6 is 0 Å². The van der Waals surface area contributed by atoms with Gasteiger partial charge >= 0.3 is 0 Å². The number of hydrogen-bond acceptors (Lipinski definition) is 4. The zero-order valence-electron chi connectivity index (χ0n) is 9.72. The van der Waals surface area contributed by atoms with E-state index in [-0.39, 0.29) is 6.61 Å². The first-order valence-corrected chi connectivity index (χ1v) is 5.47. The van der Waals surface area contributed by atoms with Gasteiger partial charge in [-0.15, -0.1) is 0 Å². The van der Waals surface area contributed by atoms with Gasteiger partial charge < -0.3 is 14.3 Å². The Bertz CT molecular complexity index is 465. The Morgan fingerprint density at radius 1 is 1.24 bits per heavy atom. The molecule has 4 heteroatoms. The summed E-state index contributed by atoms with van der Waals surface area (Å²) in [6.45, 7) is 2.51. The molecule has 0 saturated heterocycles. The Morgan fingerprint density at radius 3 is 2.65 bits per heavy atom. The van der Waals surface area contributed by atoms with Crippen molar-refractivity contribution in [2.45, 2.75) is 26.7 Å². The number of hydrogen-bond donors (Lipinski definition) is 1. The zero-order valence-corrected chi connectivity index (χ0v) is 9.72. The third kappa shape index (κ3) is 3.15. The predicted molar refractivity (Wildman–Crippen MR) is 62.1 cm³/mol. The molecular formula is C13H15NO3. The van der Waals surface area contributed by atoms with Gasteiger partial charge in [0.15, 0.2) is 5.76 Å². The molecule has 0 unspecified atom stereocenters. The topological polar surface area (TPSA) is 55.5 Å². The lowest BCUT2D eigenvalue weighted by molar-refractivity contribution is 0.0871. The fraction of sp³-hybridized carbons (Fsp3) is 0.308. The van der Waals surface area contributed by atoms with Gasteiger partial charge in [0.25, 0.3) is 0 Å². The van der Waals surface area contributed by atoms with Gasteiger partial charge in [-0.3, -0.25) is 0 Å². The highest BCUT2D eigenvalue weighted by Gasteiger charge is 2.08. The minimum Gasteiger partial charge on any atom is -0.440 e. The lowest BCUT2D eigenvalue weighted by atomic mass is 10.2. The second-order valence-corrected chi connectivity index (χ2v) is 3.75. The van der Waals surface area contributed by atoms with Crippen LogP contribution in [0.2, 0.25) is 0 Å². The Morgan fingerprint density at radius 2 is 2.00 bits per heavy atom. The molecule has 2 aromatic rings. The third-order valence-corrected chi connectivity index (χ3v) is 2.42. The molecule has 17 heavy (non-hydrogen) atoms. The SMILES string of the molecule is Cc1nc(COCc2ccccc2)oc1CO. The molecule has 0 aliphatic rings. The average molecular weight is 233 g/mol. The van der Waals surface area contributed by atoms with Crippen molar-refractivity contribution in [3.8, 4) is 0 Å². The van der Waals surface area contributed by atoms with Gasteiger partial charge in [0, 0.05) is 0 Å². The second-order valence-electron chi connectivity index (χ2n) is 3.75. The minimum atomic E-state index is -0.127. The number of aliphatic hydroxyl groups is 1. The maximum Gasteiger partial charge on any atom is 0.220 e. The number of benzene rings is 1. The molecule has 0 spiro atoms. The quantitative estimate of drug-likeness (QED) is 0.860. The van der Waals surface area contributed by atoms with Crippen LogP contribution in [-0.2, 0) is 24.6 Å². The highest BCUT2D eigenvalue weighted by atomic mass is 16.5. The van der Waals surface area contributed by atoms with Crippen LogP contribution in [0.25, 0.3) is 0 Å². The van der Waals surface area contributed by atoms with Crippen LogP contribution in [0.4, 0.5) is 0 Å². The Hall–Kier alpha value is -1.65. The number of ether oxygens (including phenoxy) is 1. The van der Waals surface area contributed by atoms with E-state index < -0.39 is 0 Å². The summed E-state index contributed by atoms with van der Waals surface area (Å²) in [5, 5.41) is 8.96. The van der Waals surface area contributed by atoms with Crippen molar-refractivity contribution in [1.29, 1.82) is 0 Å². The summed E-state index contributed by atoms with van der Waals surface area (Å²) in [6.07, 6.45) is 0. The molecule has 1 N–H and O–H groups in total. The summed E-state index contributed by atoms with van der Waals surface area (Å²) < 4.78 is 10.8. The van der Waals surface area contributed by atoms with E-state index in [9.17, 15) is 0 Å². The molecule has 2 rings (SSSR count). The standard InChI is InChI=1S/C13H15NO3/c1-10-12(7-15)17-13(14-10)9-16-8-11-5-3-2-4-6-11/h2-6,15H,7-9H2,1H3. The van der Waals surface area contributed by atoms with Crippen LogP contribution in [0.1, 0.15) is 22.9 Å². The van der Waals surface area contributed by atoms with Crippen molar-refractivity contribution in [3.63, 3.8) is 0 Å². The monoisotopic (exact) mass is 233 g/mol. The first-order valence-electron chi connectivity index (χ1n) is 5.47. The van der Waals surface area contributed by atoms with Crippen molar-refractivity contribution < 1.29 is 14.3 Å². The first kappa shape index (κ1) is 11.8. The third-order valence-electron chi connectivity index (χ3n) is 2.42. The van der Waals surface area contributed by atoms with Gasteiger partial charge in [-0.1, -0.05) is 30.3 Å². The molecule has 1 aromatic carbocycles. The average Bonchev–Trinajstić information content (AvgIpc) is 2.71. The van der Waals surface area contributed by atoms with E-state index in [2.05, 4.69) is 4.98 Å². The van der Waals surface area contributed by atoms with E-state index in [1.54, 1.807) is 6.92 Å². The van der Waals surface area contributed by atoms with Gasteiger partial charge in [0.1, 0.15) is 13.2 Å². The Balaban J connectivity index is 1.86. The van der Waals surface area contributed by atoms with Gasteiger partial charge in [0.05, 0.1) is 12.3 Å². The van der Waals surface area contributed by atoms with Gasteiger partial charge in [0.2, 0.25) is 5.89 Å². The molecule has 4 nitrogen and oxygen atoms in total. The van der Waals surface area contributed by atoms with Crippen molar-refractivity contribution in [3.05, 3.63) is 53.2 Å². The molecule has 0 saturated carbocycles. The van der Waals surface area contributed by atoms with E-state index in [0.717, 1.165) is 5.56 Å². The summed E-state index contributed by atoms with van der Waals surface area (Å²) in [7, 11) is 0. The molecule has 0 bridgehead atoms. The fourth-order valence-corrected chi connectivity index (χ4v) is 1.53. The molecule has 90 valence electrons. The number of aryl methyl sites for hydroxylation is 1. The lowest BCUT2D eigenvalue weighted by Gasteiger charge is -2.01. The number of aliphatic hydroxyl groups excluding tert-OH is 1. The maximum atomic E-state index is 8.96. The number of nitrogens with zero attached hydrogens (tertiary/aromatic N) is 1. The molecule has 0 atom stereocenters. The lowest BCUT2D eigenvalue weighted by Crippen LogP contribution is -1.94. The van der Waals surface area contributed by atoms with Crippen LogP contribution in [0, 0.1) is 6.92 Å². The van der Waals surface area contributed by atoms with Crippen LogP contribution < -0.4 is 0 Å². The smallest absolute Gasteiger partial charge is 0.220 e. The van der Waals surface area contributed by atoms with Crippen LogP contribution in [0.15, 0.2) is 34.7 Å². The van der Waals surface area contributed by atoms with E-state index in [1.807, 2.05) is 30.3 Å². The number of rotatable bonds is 5. The molecule has 0 aliphatic carbocycles. The van der Waals surface area contributed by atoms with E-state index >= 15 is 0 Å². The normalized spacial score (nSPS) is 10.7. The van der Waals surface area contributed by atoms with Crippen molar-refractivity contribution >= 4 is 0 Å².